The van der Waals surface area contributed by atoms with Crippen LogP contribution in [-0.4, -0.2) is 29.4 Å². The molecule has 0 aliphatic carbocycles. The first-order chi connectivity index (χ1) is 9.49. The first-order valence-corrected chi connectivity index (χ1v) is 6.25. The van der Waals surface area contributed by atoms with Gasteiger partial charge in [0.2, 0.25) is 0 Å². The van der Waals surface area contributed by atoms with E-state index in [0.717, 1.165) is 16.5 Å². The van der Waals surface area contributed by atoms with Gasteiger partial charge in [0.25, 0.3) is 0 Å². The van der Waals surface area contributed by atoms with E-state index >= 15 is 0 Å². The Kier molecular flexibility index (Phi) is 4.00. The fourth-order valence-electron chi connectivity index (χ4n) is 1.96. The standard InChI is InChI=1S/C15H16N2O3/c1-9(18)10-5-6-12-11(7-10)3-2-4-14(12)17-8-13(16)15(19)20/h2-7,13,17H,8,16H2,1H3,(H,19,20). The van der Waals surface area contributed by atoms with Crippen molar-refractivity contribution >= 4 is 28.2 Å². The van der Waals surface area contributed by atoms with Crippen molar-refractivity contribution in [3.05, 3.63) is 42.0 Å². The number of hydrogen-bond donors (Lipinski definition) is 3. The highest BCUT2D eigenvalue weighted by molar-refractivity contribution is 6.01. The van der Waals surface area contributed by atoms with E-state index in [4.69, 9.17) is 10.8 Å². The zero-order valence-electron chi connectivity index (χ0n) is 11.1. The summed E-state index contributed by atoms with van der Waals surface area (Å²) in [4.78, 5) is 22.1. The Bertz CT molecular complexity index is 667. The zero-order chi connectivity index (χ0) is 14.7. The van der Waals surface area contributed by atoms with Crippen LogP contribution in [0.3, 0.4) is 0 Å². The lowest BCUT2D eigenvalue weighted by molar-refractivity contribution is -0.138. The average Bonchev–Trinajstić information content (AvgIpc) is 2.43. The lowest BCUT2D eigenvalue weighted by Crippen LogP contribution is -2.36. The summed E-state index contributed by atoms with van der Waals surface area (Å²) in [5, 5.41) is 13.6. The molecular weight excluding hydrogens is 256 g/mol. The summed E-state index contributed by atoms with van der Waals surface area (Å²) in [7, 11) is 0. The van der Waals surface area contributed by atoms with Crippen molar-refractivity contribution in [3.8, 4) is 0 Å². The molecule has 0 aromatic heterocycles. The number of rotatable bonds is 5. The van der Waals surface area contributed by atoms with Gasteiger partial charge in [-0.1, -0.05) is 24.3 Å². The fourth-order valence-corrected chi connectivity index (χ4v) is 1.96. The summed E-state index contributed by atoms with van der Waals surface area (Å²) in [6.07, 6.45) is 0. The summed E-state index contributed by atoms with van der Waals surface area (Å²) in [6.45, 7) is 1.66. The summed E-state index contributed by atoms with van der Waals surface area (Å²) < 4.78 is 0. The molecule has 104 valence electrons. The Hall–Kier alpha value is -2.40. The lowest BCUT2D eigenvalue weighted by atomic mass is 10.0. The third-order valence-electron chi connectivity index (χ3n) is 3.12. The van der Waals surface area contributed by atoms with Crippen molar-refractivity contribution in [2.24, 2.45) is 5.73 Å². The molecule has 1 unspecified atom stereocenters. The Morgan fingerprint density at radius 1 is 1.30 bits per heavy atom. The first kappa shape index (κ1) is 14.0. The largest absolute Gasteiger partial charge is 0.480 e. The molecule has 0 saturated heterocycles. The number of carboxylic acid groups (broad SMARTS) is 1. The highest BCUT2D eigenvalue weighted by Gasteiger charge is 2.11. The Morgan fingerprint density at radius 2 is 2.05 bits per heavy atom. The lowest BCUT2D eigenvalue weighted by Gasteiger charge is -2.12. The van der Waals surface area contributed by atoms with Crippen LogP contribution in [0.15, 0.2) is 36.4 Å². The summed E-state index contributed by atoms with van der Waals surface area (Å²) >= 11 is 0. The number of nitrogens with two attached hydrogens (primary N) is 1. The minimum absolute atomic E-state index is 0.0122. The van der Waals surface area contributed by atoms with Gasteiger partial charge in [-0.05, 0) is 24.4 Å². The molecule has 0 radical (unpaired) electrons. The van der Waals surface area contributed by atoms with E-state index in [0.29, 0.717) is 5.56 Å². The molecule has 0 bridgehead atoms. The van der Waals surface area contributed by atoms with Crippen molar-refractivity contribution in [1.82, 2.24) is 0 Å². The van der Waals surface area contributed by atoms with E-state index in [-0.39, 0.29) is 12.3 Å². The Morgan fingerprint density at radius 3 is 2.70 bits per heavy atom. The van der Waals surface area contributed by atoms with E-state index in [1.54, 1.807) is 6.07 Å². The van der Waals surface area contributed by atoms with Gasteiger partial charge in [-0.3, -0.25) is 9.59 Å². The van der Waals surface area contributed by atoms with Crippen LogP contribution in [0.2, 0.25) is 0 Å². The van der Waals surface area contributed by atoms with Gasteiger partial charge in [0.15, 0.2) is 5.78 Å². The topological polar surface area (TPSA) is 92.4 Å². The van der Waals surface area contributed by atoms with Gasteiger partial charge in [-0.25, -0.2) is 0 Å². The van der Waals surface area contributed by atoms with Crippen molar-refractivity contribution in [2.75, 3.05) is 11.9 Å². The summed E-state index contributed by atoms with van der Waals surface area (Å²) in [5.41, 5.74) is 6.92. The molecule has 5 heteroatoms. The van der Waals surface area contributed by atoms with Crippen molar-refractivity contribution in [1.29, 1.82) is 0 Å². The van der Waals surface area contributed by atoms with Crippen molar-refractivity contribution in [3.63, 3.8) is 0 Å². The van der Waals surface area contributed by atoms with Crippen molar-refractivity contribution < 1.29 is 14.7 Å². The molecule has 2 aromatic carbocycles. The van der Waals surface area contributed by atoms with Crippen LogP contribution >= 0.6 is 0 Å². The van der Waals surface area contributed by atoms with E-state index in [1.165, 1.54) is 6.92 Å². The summed E-state index contributed by atoms with van der Waals surface area (Å²) in [5.74, 6) is -1.03. The number of aliphatic carboxylic acids is 1. The monoisotopic (exact) mass is 272 g/mol. The predicted octanol–water partition coefficient (Wildman–Crippen LogP) is 1.87. The quantitative estimate of drug-likeness (QED) is 0.722. The molecule has 0 amide bonds. The number of Topliss-reactive ketones (excluding diaryl/α,β-unsaturated/α-hetero) is 1. The van der Waals surface area contributed by atoms with Crippen LogP contribution in [0.4, 0.5) is 5.69 Å². The highest BCUT2D eigenvalue weighted by atomic mass is 16.4. The predicted molar refractivity (Wildman–Crippen MR) is 78.1 cm³/mol. The number of hydrogen-bond acceptors (Lipinski definition) is 4. The molecule has 0 aliphatic heterocycles. The van der Waals surface area contributed by atoms with Gasteiger partial charge >= 0.3 is 5.97 Å². The summed E-state index contributed by atoms with van der Waals surface area (Å²) in [6, 6.07) is 10.1. The smallest absolute Gasteiger partial charge is 0.322 e. The molecule has 20 heavy (non-hydrogen) atoms. The second-order valence-corrected chi connectivity index (χ2v) is 4.62. The van der Waals surface area contributed by atoms with Crippen molar-refractivity contribution in [2.45, 2.75) is 13.0 Å². The molecule has 0 fully saturated rings. The number of carboxylic acids is 1. The van der Waals surface area contributed by atoms with Crippen LogP contribution < -0.4 is 11.1 Å². The maximum absolute atomic E-state index is 11.4. The SMILES string of the molecule is CC(=O)c1ccc2c(NCC(N)C(=O)O)cccc2c1. The third-order valence-corrected chi connectivity index (χ3v) is 3.12. The second-order valence-electron chi connectivity index (χ2n) is 4.62. The Labute approximate surface area is 116 Å². The molecule has 0 aliphatic rings. The fraction of sp³-hybridized carbons (Fsp3) is 0.200. The number of fused-ring (bicyclic) bond motifs is 1. The maximum atomic E-state index is 11.4. The number of benzene rings is 2. The molecule has 5 nitrogen and oxygen atoms in total. The number of anilines is 1. The maximum Gasteiger partial charge on any atom is 0.322 e. The first-order valence-electron chi connectivity index (χ1n) is 6.25. The molecule has 0 spiro atoms. The minimum Gasteiger partial charge on any atom is -0.480 e. The number of carbonyl (C=O) groups excluding carboxylic acids is 1. The average molecular weight is 272 g/mol. The molecule has 2 aromatic rings. The third kappa shape index (κ3) is 2.95. The van der Waals surface area contributed by atoms with Crippen LogP contribution in [0, 0.1) is 0 Å². The van der Waals surface area contributed by atoms with Gasteiger partial charge in [0.1, 0.15) is 6.04 Å². The van der Waals surface area contributed by atoms with E-state index in [2.05, 4.69) is 5.32 Å². The van der Waals surface area contributed by atoms with E-state index < -0.39 is 12.0 Å². The van der Waals surface area contributed by atoms with Gasteiger partial charge in [0, 0.05) is 23.2 Å². The Balaban J connectivity index is 2.30. The van der Waals surface area contributed by atoms with E-state index in [1.807, 2.05) is 30.3 Å². The number of ketones is 1. The minimum atomic E-state index is -1.04. The molecule has 0 saturated carbocycles. The van der Waals surface area contributed by atoms with Gasteiger partial charge in [0.05, 0.1) is 0 Å². The number of nitrogens with one attached hydrogen (secondary N) is 1. The molecule has 4 N–H and O–H groups in total. The van der Waals surface area contributed by atoms with Crippen LogP contribution in [0.25, 0.3) is 10.8 Å². The van der Waals surface area contributed by atoms with E-state index in [9.17, 15) is 9.59 Å². The van der Waals surface area contributed by atoms with Gasteiger partial charge < -0.3 is 16.2 Å². The number of carbonyl (C=O) groups is 2. The van der Waals surface area contributed by atoms with Crippen LogP contribution in [-0.2, 0) is 4.79 Å². The van der Waals surface area contributed by atoms with Gasteiger partial charge in [-0.15, -0.1) is 0 Å². The molecular formula is C15H16N2O3. The molecule has 0 heterocycles. The van der Waals surface area contributed by atoms with Crippen LogP contribution in [0.1, 0.15) is 17.3 Å². The molecule has 1 atom stereocenters. The second kappa shape index (κ2) is 5.71. The molecule has 2 rings (SSSR count). The van der Waals surface area contributed by atoms with Crippen LogP contribution in [0.5, 0.6) is 0 Å². The normalized spacial score (nSPS) is 12.1. The highest BCUT2D eigenvalue weighted by Crippen LogP contribution is 2.24. The zero-order valence-corrected chi connectivity index (χ0v) is 11.1. The van der Waals surface area contributed by atoms with Gasteiger partial charge in [-0.2, -0.15) is 0 Å².